The lowest BCUT2D eigenvalue weighted by Gasteiger charge is -2.33. The molecule has 30 heavy (non-hydrogen) atoms. The van der Waals surface area contributed by atoms with Crippen molar-refractivity contribution in [2.45, 2.75) is 18.8 Å². The van der Waals surface area contributed by atoms with Crippen LogP contribution in [0.2, 0.25) is 0 Å². The minimum atomic E-state index is -0.596. The normalized spacial score (nSPS) is 22.1. The van der Waals surface area contributed by atoms with Crippen molar-refractivity contribution in [1.29, 1.82) is 0 Å². The first-order chi connectivity index (χ1) is 13.6. The van der Waals surface area contributed by atoms with Crippen molar-refractivity contribution in [3.8, 4) is 0 Å². The van der Waals surface area contributed by atoms with Crippen molar-refractivity contribution in [3.05, 3.63) is 65.2 Å². The number of para-hydroxylation sites is 1. The molecule has 1 unspecified atom stereocenters. The van der Waals surface area contributed by atoms with E-state index in [0.717, 1.165) is 42.3 Å². The maximum absolute atomic E-state index is 13.8. The van der Waals surface area contributed by atoms with Gasteiger partial charge in [-0.1, -0.05) is 42.5 Å². The van der Waals surface area contributed by atoms with Crippen LogP contribution in [-0.4, -0.2) is 42.0 Å². The average Bonchev–Trinajstić information content (AvgIpc) is 3.41. The number of likely N-dealkylation sites (tertiary alicyclic amines) is 1. The first-order valence-corrected chi connectivity index (χ1v) is 10.9. The van der Waals surface area contributed by atoms with E-state index in [2.05, 4.69) is 35.3 Å². The maximum atomic E-state index is 13.8. The predicted molar refractivity (Wildman–Crippen MR) is 128 cm³/mol. The Hall–Kier alpha value is -1.66. The number of carbonyl (C=O) groups is 1. The SMILES string of the molecule is CC(Cc1nc2ccccc2s1)(C(=O)N1C[C@H]2CNC[C@H]2C1)c1ccccc1.Cl.Cl. The molecule has 1 amide bonds. The van der Waals surface area contributed by atoms with Gasteiger partial charge in [0.25, 0.3) is 0 Å². The molecule has 1 aromatic heterocycles. The molecule has 5 rings (SSSR count). The number of aromatic nitrogens is 1. The Bertz CT molecular complexity index is 967. The zero-order chi connectivity index (χ0) is 19.1. The van der Waals surface area contributed by atoms with E-state index in [-0.39, 0.29) is 30.7 Å². The number of carbonyl (C=O) groups excluding carboxylic acids is 1. The highest BCUT2D eigenvalue weighted by molar-refractivity contribution is 7.18. The summed E-state index contributed by atoms with van der Waals surface area (Å²) >= 11 is 1.70. The van der Waals surface area contributed by atoms with E-state index < -0.39 is 5.41 Å². The predicted octanol–water partition coefficient (Wildman–Crippen LogP) is 4.32. The quantitative estimate of drug-likeness (QED) is 0.626. The summed E-state index contributed by atoms with van der Waals surface area (Å²) in [4.78, 5) is 20.7. The molecule has 0 aliphatic carbocycles. The highest BCUT2D eigenvalue weighted by Crippen LogP contribution is 2.36. The number of fused-ring (bicyclic) bond motifs is 2. The number of hydrogen-bond acceptors (Lipinski definition) is 4. The third-order valence-electron chi connectivity index (χ3n) is 6.40. The highest BCUT2D eigenvalue weighted by atomic mass is 35.5. The lowest BCUT2D eigenvalue weighted by Crippen LogP contribution is -2.46. The number of thiazole rings is 1. The molecule has 160 valence electrons. The molecule has 0 bridgehead atoms. The molecular formula is C23H27Cl2N3OS. The largest absolute Gasteiger partial charge is 0.341 e. The van der Waals surface area contributed by atoms with E-state index in [9.17, 15) is 4.79 Å². The molecule has 3 aromatic rings. The minimum Gasteiger partial charge on any atom is -0.341 e. The maximum Gasteiger partial charge on any atom is 0.233 e. The van der Waals surface area contributed by atoms with Crippen LogP contribution in [0, 0.1) is 11.8 Å². The summed E-state index contributed by atoms with van der Waals surface area (Å²) in [6.45, 7) is 5.92. The second-order valence-corrected chi connectivity index (χ2v) is 9.45. The zero-order valence-corrected chi connectivity index (χ0v) is 19.4. The van der Waals surface area contributed by atoms with Gasteiger partial charge in [-0.3, -0.25) is 4.79 Å². The third-order valence-corrected chi connectivity index (χ3v) is 7.44. The van der Waals surface area contributed by atoms with E-state index in [1.54, 1.807) is 11.3 Å². The van der Waals surface area contributed by atoms with Crippen LogP contribution in [0.3, 0.4) is 0 Å². The van der Waals surface area contributed by atoms with Crippen molar-refractivity contribution in [2.75, 3.05) is 26.2 Å². The van der Waals surface area contributed by atoms with Crippen LogP contribution in [0.15, 0.2) is 54.6 Å². The fourth-order valence-corrected chi connectivity index (χ4v) is 5.90. The number of nitrogens with one attached hydrogen (secondary N) is 1. The molecule has 7 heteroatoms. The van der Waals surface area contributed by atoms with Crippen LogP contribution in [-0.2, 0) is 16.6 Å². The van der Waals surface area contributed by atoms with Gasteiger partial charge in [0, 0.05) is 32.6 Å². The summed E-state index contributed by atoms with van der Waals surface area (Å²) in [6.07, 6.45) is 0.638. The summed E-state index contributed by atoms with van der Waals surface area (Å²) in [5.41, 5.74) is 1.50. The first-order valence-electron chi connectivity index (χ1n) is 10.0. The summed E-state index contributed by atoms with van der Waals surface area (Å²) in [5.74, 6) is 1.45. The van der Waals surface area contributed by atoms with Gasteiger partial charge in [-0.2, -0.15) is 0 Å². The van der Waals surface area contributed by atoms with Crippen molar-refractivity contribution < 1.29 is 4.79 Å². The number of benzene rings is 2. The molecule has 4 nitrogen and oxygen atoms in total. The second-order valence-electron chi connectivity index (χ2n) is 8.34. The van der Waals surface area contributed by atoms with Crippen LogP contribution in [0.1, 0.15) is 17.5 Å². The second kappa shape index (κ2) is 9.23. The Morgan fingerprint density at radius 3 is 2.37 bits per heavy atom. The fourth-order valence-electron chi connectivity index (χ4n) is 4.78. The van der Waals surface area contributed by atoms with Gasteiger partial charge in [0.1, 0.15) is 0 Å². The van der Waals surface area contributed by atoms with Crippen LogP contribution in [0.5, 0.6) is 0 Å². The molecule has 0 spiro atoms. The zero-order valence-electron chi connectivity index (χ0n) is 16.9. The molecule has 2 aliphatic heterocycles. The summed E-state index contributed by atoms with van der Waals surface area (Å²) < 4.78 is 1.18. The van der Waals surface area contributed by atoms with Crippen molar-refractivity contribution in [1.82, 2.24) is 15.2 Å². The molecule has 0 radical (unpaired) electrons. The number of nitrogens with zero attached hydrogens (tertiary/aromatic N) is 2. The monoisotopic (exact) mass is 463 g/mol. The van der Waals surface area contributed by atoms with Gasteiger partial charge >= 0.3 is 0 Å². The number of halogens is 2. The number of hydrogen-bond donors (Lipinski definition) is 1. The van der Waals surface area contributed by atoms with Gasteiger partial charge < -0.3 is 10.2 Å². The Labute approximate surface area is 193 Å². The molecule has 2 saturated heterocycles. The molecule has 2 fully saturated rings. The molecule has 1 N–H and O–H groups in total. The van der Waals surface area contributed by atoms with Crippen LogP contribution in [0.25, 0.3) is 10.2 Å². The van der Waals surface area contributed by atoms with Gasteiger partial charge in [0.2, 0.25) is 5.91 Å². The Morgan fingerprint density at radius 2 is 1.70 bits per heavy atom. The molecular weight excluding hydrogens is 437 g/mol. The van der Waals surface area contributed by atoms with Gasteiger partial charge in [0.05, 0.1) is 20.6 Å². The van der Waals surface area contributed by atoms with Gasteiger partial charge in [-0.15, -0.1) is 36.2 Å². The standard InChI is InChI=1S/C23H25N3OS.2ClH/c1-23(18-7-3-2-4-8-18,11-21-25-19-9-5-6-10-20(19)28-21)22(27)26-14-16-12-24-13-17(16)15-26;;/h2-10,16-17,24H,11-15H2,1H3;2*1H/t16-,17+,23?;;. The molecule has 3 atom stereocenters. The molecule has 0 saturated carbocycles. The van der Waals surface area contributed by atoms with E-state index in [1.165, 1.54) is 4.70 Å². The van der Waals surface area contributed by atoms with Gasteiger partial charge in [0.15, 0.2) is 0 Å². The lowest BCUT2D eigenvalue weighted by molar-refractivity contribution is -0.136. The Balaban J connectivity index is 0.00000128. The minimum absolute atomic E-state index is 0. The average molecular weight is 464 g/mol. The van der Waals surface area contributed by atoms with E-state index in [1.807, 2.05) is 36.4 Å². The van der Waals surface area contributed by atoms with Gasteiger partial charge in [-0.05, 0) is 36.5 Å². The Kier molecular flexibility index (Phi) is 7.08. The third kappa shape index (κ3) is 4.09. The van der Waals surface area contributed by atoms with E-state index in [4.69, 9.17) is 4.98 Å². The molecule has 2 aromatic carbocycles. The lowest BCUT2D eigenvalue weighted by atomic mass is 9.78. The van der Waals surface area contributed by atoms with Gasteiger partial charge in [-0.25, -0.2) is 4.98 Å². The fraction of sp³-hybridized carbons (Fsp3) is 0.391. The van der Waals surface area contributed by atoms with E-state index in [0.29, 0.717) is 18.3 Å². The Morgan fingerprint density at radius 1 is 1.07 bits per heavy atom. The van der Waals surface area contributed by atoms with Crippen LogP contribution >= 0.6 is 36.2 Å². The summed E-state index contributed by atoms with van der Waals surface area (Å²) in [6, 6.07) is 18.5. The molecule has 2 aliphatic rings. The molecule has 3 heterocycles. The van der Waals surface area contributed by atoms with Crippen LogP contribution in [0.4, 0.5) is 0 Å². The van der Waals surface area contributed by atoms with Crippen molar-refractivity contribution >= 4 is 52.3 Å². The number of amides is 1. The topological polar surface area (TPSA) is 45.2 Å². The smallest absolute Gasteiger partial charge is 0.233 e. The first kappa shape index (κ1) is 23.0. The summed E-state index contributed by atoms with van der Waals surface area (Å²) in [5, 5.41) is 4.49. The van der Waals surface area contributed by atoms with Crippen LogP contribution < -0.4 is 5.32 Å². The van der Waals surface area contributed by atoms with Crippen molar-refractivity contribution in [2.24, 2.45) is 11.8 Å². The highest BCUT2D eigenvalue weighted by Gasteiger charge is 2.45. The summed E-state index contributed by atoms with van der Waals surface area (Å²) in [7, 11) is 0. The van der Waals surface area contributed by atoms with E-state index >= 15 is 0 Å². The van der Waals surface area contributed by atoms with Crippen molar-refractivity contribution in [3.63, 3.8) is 0 Å². The number of rotatable bonds is 4.